The number of aromatic hydroxyl groups is 1. The Morgan fingerprint density at radius 3 is 2.62 bits per heavy atom. The van der Waals surface area contributed by atoms with E-state index in [1.54, 1.807) is 19.3 Å². The lowest BCUT2D eigenvalue weighted by molar-refractivity contribution is 0.466. The lowest BCUT2D eigenvalue weighted by atomic mass is 10.1. The summed E-state index contributed by atoms with van der Waals surface area (Å²) in [6.45, 7) is 1.77. The third kappa shape index (κ3) is 2.37. The number of pyridine rings is 1. The molecule has 2 aromatic heterocycles. The molecule has 4 nitrogen and oxygen atoms in total. The molecular weight excluding hydrogens is 282 g/mol. The van der Waals surface area contributed by atoms with Crippen LogP contribution in [0.5, 0.6) is 5.75 Å². The van der Waals surface area contributed by atoms with Gasteiger partial charge in [-0.3, -0.25) is 0 Å². The number of thiazole rings is 1. The van der Waals surface area contributed by atoms with E-state index < -0.39 is 0 Å². The second-order valence-electron chi connectivity index (χ2n) is 4.50. The second kappa shape index (κ2) is 5.35. The van der Waals surface area contributed by atoms with Crippen LogP contribution in [0, 0.1) is 18.3 Å². The van der Waals surface area contributed by atoms with E-state index in [4.69, 9.17) is 5.26 Å². The van der Waals surface area contributed by atoms with Crippen molar-refractivity contribution in [1.29, 1.82) is 5.26 Å². The van der Waals surface area contributed by atoms with Gasteiger partial charge in [-0.2, -0.15) is 5.26 Å². The minimum Gasteiger partial charge on any atom is -0.505 e. The Hall–Kier alpha value is -2.71. The van der Waals surface area contributed by atoms with Crippen LogP contribution >= 0.6 is 11.3 Å². The number of benzene rings is 1. The quantitative estimate of drug-likeness (QED) is 0.781. The van der Waals surface area contributed by atoms with E-state index >= 15 is 0 Å². The maximum atomic E-state index is 9.96. The Bertz CT molecular complexity index is 834. The average Bonchev–Trinajstić information content (AvgIpc) is 3.00. The average molecular weight is 293 g/mol. The molecule has 0 saturated heterocycles. The van der Waals surface area contributed by atoms with Gasteiger partial charge in [0.05, 0.1) is 4.88 Å². The van der Waals surface area contributed by atoms with Crippen molar-refractivity contribution in [2.75, 3.05) is 0 Å². The normalized spacial score (nSPS) is 10.3. The molecule has 1 N–H and O–H groups in total. The van der Waals surface area contributed by atoms with E-state index in [1.165, 1.54) is 11.3 Å². The smallest absolute Gasteiger partial charge is 0.182 e. The molecule has 0 saturated carbocycles. The summed E-state index contributed by atoms with van der Waals surface area (Å²) in [6, 6.07) is 11.8. The van der Waals surface area contributed by atoms with Crippen LogP contribution in [0.1, 0.15) is 11.3 Å². The van der Waals surface area contributed by atoms with Crippen molar-refractivity contribution in [3.63, 3.8) is 0 Å². The Kier molecular flexibility index (Phi) is 3.38. The van der Waals surface area contributed by atoms with Crippen molar-refractivity contribution in [3.8, 4) is 32.8 Å². The van der Waals surface area contributed by atoms with Gasteiger partial charge in [-0.15, -0.1) is 11.3 Å². The van der Waals surface area contributed by atoms with Crippen molar-refractivity contribution in [3.05, 3.63) is 54.0 Å². The summed E-state index contributed by atoms with van der Waals surface area (Å²) in [7, 11) is 0. The predicted molar refractivity (Wildman–Crippen MR) is 81.9 cm³/mol. The van der Waals surface area contributed by atoms with E-state index in [0.717, 1.165) is 21.0 Å². The number of rotatable bonds is 2. The molecule has 0 amide bonds. The molecule has 3 aromatic rings. The topological polar surface area (TPSA) is 69.8 Å². The third-order valence-electron chi connectivity index (χ3n) is 3.20. The van der Waals surface area contributed by atoms with Gasteiger partial charge >= 0.3 is 0 Å². The van der Waals surface area contributed by atoms with Crippen LogP contribution in [0.2, 0.25) is 0 Å². The van der Waals surface area contributed by atoms with Crippen molar-refractivity contribution >= 4 is 11.3 Å². The van der Waals surface area contributed by atoms with Gasteiger partial charge in [0.25, 0.3) is 0 Å². The zero-order valence-electron chi connectivity index (χ0n) is 11.2. The van der Waals surface area contributed by atoms with E-state index in [1.807, 2.05) is 36.4 Å². The molecule has 0 unspecified atom stereocenters. The van der Waals surface area contributed by atoms with Crippen LogP contribution in [0.15, 0.2) is 42.7 Å². The van der Waals surface area contributed by atoms with E-state index in [2.05, 4.69) is 9.97 Å². The van der Waals surface area contributed by atoms with Crippen molar-refractivity contribution in [2.24, 2.45) is 0 Å². The highest BCUT2D eigenvalue weighted by molar-refractivity contribution is 7.18. The first kappa shape index (κ1) is 13.3. The molecule has 3 rings (SSSR count). The monoisotopic (exact) mass is 293 g/mol. The van der Waals surface area contributed by atoms with Gasteiger partial charge in [0.1, 0.15) is 11.1 Å². The SMILES string of the molecule is Cc1c(-c2cnc(-c3ccccc3)s2)cnc(C#N)c1O. The Labute approximate surface area is 126 Å². The first-order valence-electron chi connectivity index (χ1n) is 6.31. The van der Waals surface area contributed by atoms with Crippen LogP contribution < -0.4 is 0 Å². The summed E-state index contributed by atoms with van der Waals surface area (Å²) in [5, 5.41) is 19.7. The minimum atomic E-state index is -0.0651. The molecule has 0 aliphatic carbocycles. The molecule has 1 aromatic carbocycles. The molecular formula is C16H11N3OS. The summed E-state index contributed by atoms with van der Waals surface area (Å²) in [6.07, 6.45) is 3.37. The van der Waals surface area contributed by atoms with Crippen molar-refractivity contribution < 1.29 is 5.11 Å². The van der Waals surface area contributed by atoms with Gasteiger partial charge in [0.15, 0.2) is 11.4 Å². The van der Waals surface area contributed by atoms with Crippen LogP contribution in [-0.4, -0.2) is 15.1 Å². The molecule has 0 bridgehead atoms. The first-order valence-corrected chi connectivity index (χ1v) is 7.12. The molecule has 0 aliphatic heterocycles. The summed E-state index contributed by atoms with van der Waals surface area (Å²) < 4.78 is 0. The number of nitrogens with zero attached hydrogens (tertiary/aromatic N) is 3. The summed E-state index contributed by atoms with van der Waals surface area (Å²) in [5.41, 5.74) is 2.54. The predicted octanol–water partition coefficient (Wildman–Crippen LogP) is 3.76. The fourth-order valence-electron chi connectivity index (χ4n) is 2.04. The zero-order valence-corrected chi connectivity index (χ0v) is 12.1. The molecule has 0 aliphatic rings. The number of hydrogen-bond acceptors (Lipinski definition) is 5. The second-order valence-corrected chi connectivity index (χ2v) is 5.53. The molecule has 0 radical (unpaired) electrons. The Balaban J connectivity index is 2.06. The maximum absolute atomic E-state index is 9.96. The standard InChI is InChI=1S/C16H11N3OS/c1-10-12(8-18-13(7-17)15(10)20)14-9-19-16(21-14)11-5-3-2-4-6-11/h2-6,8-9,20H,1H3. The summed E-state index contributed by atoms with van der Waals surface area (Å²) >= 11 is 1.53. The largest absolute Gasteiger partial charge is 0.505 e. The number of aromatic nitrogens is 2. The van der Waals surface area contributed by atoms with Gasteiger partial charge in [-0.1, -0.05) is 30.3 Å². The highest BCUT2D eigenvalue weighted by atomic mass is 32.1. The summed E-state index contributed by atoms with van der Waals surface area (Å²) in [5.74, 6) is -0.0651. The van der Waals surface area contributed by atoms with Crippen LogP contribution in [0.25, 0.3) is 21.0 Å². The van der Waals surface area contributed by atoms with Crippen LogP contribution in [-0.2, 0) is 0 Å². The molecule has 2 heterocycles. The fraction of sp³-hybridized carbons (Fsp3) is 0.0625. The molecule has 102 valence electrons. The minimum absolute atomic E-state index is 0.0454. The van der Waals surface area contributed by atoms with Gasteiger partial charge in [0.2, 0.25) is 0 Å². The summed E-state index contributed by atoms with van der Waals surface area (Å²) in [4.78, 5) is 9.32. The van der Waals surface area contributed by atoms with E-state index in [9.17, 15) is 5.11 Å². The Morgan fingerprint density at radius 1 is 1.14 bits per heavy atom. The van der Waals surface area contributed by atoms with E-state index in [-0.39, 0.29) is 11.4 Å². The number of hydrogen-bond donors (Lipinski definition) is 1. The molecule has 21 heavy (non-hydrogen) atoms. The van der Waals surface area contributed by atoms with Gasteiger partial charge in [0, 0.05) is 29.1 Å². The Morgan fingerprint density at radius 2 is 1.90 bits per heavy atom. The van der Waals surface area contributed by atoms with Crippen molar-refractivity contribution in [2.45, 2.75) is 6.92 Å². The first-order chi connectivity index (χ1) is 10.2. The van der Waals surface area contributed by atoms with E-state index in [0.29, 0.717) is 5.56 Å². The highest BCUT2D eigenvalue weighted by Gasteiger charge is 2.14. The van der Waals surface area contributed by atoms with Crippen LogP contribution in [0.3, 0.4) is 0 Å². The third-order valence-corrected chi connectivity index (χ3v) is 4.28. The van der Waals surface area contributed by atoms with Crippen molar-refractivity contribution in [1.82, 2.24) is 9.97 Å². The lowest BCUT2D eigenvalue weighted by Crippen LogP contribution is -1.89. The van der Waals surface area contributed by atoms with Crippen LogP contribution in [0.4, 0.5) is 0 Å². The molecule has 0 fully saturated rings. The number of nitriles is 1. The zero-order chi connectivity index (χ0) is 14.8. The highest BCUT2D eigenvalue weighted by Crippen LogP contribution is 2.36. The maximum Gasteiger partial charge on any atom is 0.182 e. The van der Waals surface area contributed by atoms with Gasteiger partial charge < -0.3 is 5.11 Å². The molecule has 0 spiro atoms. The van der Waals surface area contributed by atoms with Gasteiger partial charge in [-0.05, 0) is 6.92 Å². The fourth-order valence-corrected chi connectivity index (χ4v) is 3.02. The van der Waals surface area contributed by atoms with Gasteiger partial charge in [-0.25, -0.2) is 9.97 Å². The lowest BCUT2D eigenvalue weighted by Gasteiger charge is -2.05. The molecule has 5 heteroatoms. The molecule has 0 atom stereocenters.